The Morgan fingerprint density at radius 1 is 1.00 bits per heavy atom. The highest BCUT2D eigenvalue weighted by atomic mass is 79.9. The molecule has 0 saturated carbocycles. The van der Waals surface area contributed by atoms with Gasteiger partial charge in [0, 0.05) is 10.0 Å². The number of benzene rings is 2. The lowest BCUT2D eigenvalue weighted by Gasteiger charge is -2.20. The van der Waals surface area contributed by atoms with E-state index in [1.165, 1.54) is 10.8 Å². The quantitative estimate of drug-likeness (QED) is 0.728. The lowest BCUT2D eigenvalue weighted by Crippen LogP contribution is -2.36. The molecular weight excluding hydrogens is 326 g/mol. The van der Waals surface area contributed by atoms with Gasteiger partial charge in [-0.1, -0.05) is 28.1 Å². The highest BCUT2D eigenvalue weighted by Gasteiger charge is 2.07. The fourth-order valence-corrected chi connectivity index (χ4v) is 2.54. The number of fused-ring (bicyclic) bond motifs is 1. The molecular formula is C18H24BrNO. The lowest BCUT2D eigenvalue weighted by atomic mass is 10.1. The van der Waals surface area contributed by atoms with E-state index in [2.05, 4.69) is 72.3 Å². The van der Waals surface area contributed by atoms with Crippen LogP contribution < -0.4 is 10.1 Å². The van der Waals surface area contributed by atoms with Crippen LogP contribution in [-0.4, -0.2) is 18.7 Å². The van der Waals surface area contributed by atoms with Gasteiger partial charge in [0.2, 0.25) is 0 Å². The number of hydrogen-bond donors (Lipinski definition) is 1. The van der Waals surface area contributed by atoms with E-state index in [0.29, 0.717) is 0 Å². The summed E-state index contributed by atoms with van der Waals surface area (Å²) in [4.78, 5) is 0. The second-order valence-corrected chi connectivity index (χ2v) is 7.30. The van der Waals surface area contributed by atoms with Crippen LogP contribution in [0.25, 0.3) is 10.8 Å². The number of halogens is 1. The molecule has 21 heavy (non-hydrogen) atoms. The van der Waals surface area contributed by atoms with Crippen LogP contribution in [-0.2, 0) is 0 Å². The van der Waals surface area contributed by atoms with Crippen LogP contribution in [0.2, 0.25) is 0 Å². The molecule has 0 aromatic heterocycles. The van der Waals surface area contributed by atoms with Crippen molar-refractivity contribution in [2.24, 2.45) is 0 Å². The molecule has 1 N–H and O–H groups in total. The van der Waals surface area contributed by atoms with Crippen molar-refractivity contribution in [3.63, 3.8) is 0 Å². The summed E-state index contributed by atoms with van der Waals surface area (Å²) in [5.41, 5.74) is 0.202. The molecule has 0 aliphatic carbocycles. The topological polar surface area (TPSA) is 21.3 Å². The molecule has 0 atom stereocenters. The van der Waals surface area contributed by atoms with Crippen LogP contribution in [0, 0.1) is 0 Å². The lowest BCUT2D eigenvalue weighted by molar-refractivity contribution is 0.302. The second kappa shape index (κ2) is 7.28. The van der Waals surface area contributed by atoms with Gasteiger partial charge in [0.1, 0.15) is 5.75 Å². The number of nitrogens with one attached hydrogen (secondary N) is 1. The summed E-state index contributed by atoms with van der Waals surface area (Å²) in [6.45, 7) is 8.39. The SMILES string of the molecule is CC(C)(C)NCCCCOc1ccc2cc(Br)ccc2c1. The molecule has 0 saturated heterocycles. The number of ether oxygens (including phenoxy) is 1. The van der Waals surface area contributed by atoms with Gasteiger partial charge in [-0.2, -0.15) is 0 Å². The second-order valence-electron chi connectivity index (χ2n) is 6.39. The van der Waals surface area contributed by atoms with E-state index in [-0.39, 0.29) is 5.54 Å². The average molecular weight is 350 g/mol. The zero-order chi connectivity index (χ0) is 15.3. The van der Waals surface area contributed by atoms with Gasteiger partial charge < -0.3 is 10.1 Å². The molecule has 2 nitrogen and oxygen atoms in total. The molecule has 0 radical (unpaired) electrons. The van der Waals surface area contributed by atoms with Crippen molar-refractivity contribution in [3.8, 4) is 5.75 Å². The summed E-state index contributed by atoms with van der Waals surface area (Å²) in [5.74, 6) is 0.952. The van der Waals surface area contributed by atoms with Crippen LogP contribution in [0.4, 0.5) is 0 Å². The minimum Gasteiger partial charge on any atom is -0.494 e. The van der Waals surface area contributed by atoms with Crippen LogP contribution in [0.15, 0.2) is 40.9 Å². The number of rotatable bonds is 6. The van der Waals surface area contributed by atoms with E-state index in [1.807, 2.05) is 6.07 Å². The van der Waals surface area contributed by atoms with E-state index in [9.17, 15) is 0 Å². The highest BCUT2D eigenvalue weighted by Crippen LogP contribution is 2.24. The Kier molecular flexibility index (Phi) is 5.65. The molecule has 3 heteroatoms. The van der Waals surface area contributed by atoms with Gasteiger partial charge in [0.05, 0.1) is 6.61 Å². The molecule has 0 heterocycles. The summed E-state index contributed by atoms with van der Waals surface area (Å²) >= 11 is 3.49. The third kappa shape index (κ3) is 5.68. The van der Waals surface area contributed by atoms with Crippen molar-refractivity contribution in [1.82, 2.24) is 5.32 Å². The first-order chi connectivity index (χ1) is 9.94. The van der Waals surface area contributed by atoms with Gasteiger partial charge in [0.15, 0.2) is 0 Å². The maximum absolute atomic E-state index is 5.84. The fourth-order valence-electron chi connectivity index (χ4n) is 2.16. The van der Waals surface area contributed by atoms with Crippen molar-refractivity contribution >= 4 is 26.7 Å². The Balaban J connectivity index is 1.77. The van der Waals surface area contributed by atoms with Crippen molar-refractivity contribution in [3.05, 3.63) is 40.9 Å². The monoisotopic (exact) mass is 349 g/mol. The van der Waals surface area contributed by atoms with Crippen molar-refractivity contribution in [2.75, 3.05) is 13.2 Å². The molecule has 2 aromatic carbocycles. The van der Waals surface area contributed by atoms with Crippen molar-refractivity contribution in [1.29, 1.82) is 0 Å². The van der Waals surface area contributed by atoms with E-state index in [4.69, 9.17) is 4.74 Å². The van der Waals surface area contributed by atoms with Gasteiger partial charge >= 0.3 is 0 Å². The Morgan fingerprint density at radius 2 is 1.71 bits per heavy atom. The third-order valence-electron chi connectivity index (χ3n) is 3.27. The van der Waals surface area contributed by atoms with Gasteiger partial charge in [-0.05, 0) is 75.2 Å². The summed E-state index contributed by atoms with van der Waals surface area (Å²) in [6, 6.07) is 12.6. The maximum Gasteiger partial charge on any atom is 0.119 e. The van der Waals surface area contributed by atoms with Crippen LogP contribution >= 0.6 is 15.9 Å². The van der Waals surface area contributed by atoms with E-state index >= 15 is 0 Å². The first kappa shape index (κ1) is 16.3. The van der Waals surface area contributed by atoms with Gasteiger partial charge in [-0.15, -0.1) is 0 Å². The normalized spacial score (nSPS) is 11.8. The number of hydrogen-bond acceptors (Lipinski definition) is 2. The zero-order valence-corrected chi connectivity index (χ0v) is 14.7. The molecule has 0 spiro atoms. The first-order valence-electron chi connectivity index (χ1n) is 7.51. The minimum absolute atomic E-state index is 0.202. The zero-order valence-electron chi connectivity index (χ0n) is 13.1. The van der Waals surface area contributed by atoms with Gasteiger partial charge in [-0.3, -0.25) is 0 Å². The standard InChI is InChI=1S/C18H24BrNO/c1-18(2,3)20-10-4-5-11-21-17-9-7-14-12-16(19)8-6-15(14)13-17/h6-9,12-13,20H,4-5,10-11H2,1-3H3. The van der Waals surface area contributed by atoms with E-state index in [1.54, 1.807) is 0 Å². The maximum atomic E-state index is 5.84. The Morgan fingerprint density at radius 3 is 2.48 bits per heavy atom. The highest BCUT2D eigenvalue weighted by molar-refractivity contribution is 9.10. The predicted molar refractivity (Wildman–Crippen MR) is 94.1 cm³/mol. The van der Waals surface area contributed by atoms with E-state index < -0.39 is 0 Å². The van der Waals surface area contributed by atoms with Gasteiger partial charge in [-0.25, -0.2) is 0 Å². The molecule has 0 bridgehead atoms. The van der Waals surface area contributed by atoms with Crippen molar-refractivity contribution in [2.45, 2.75) is 39.2 Å². The van der Waals surface area contributed by atoms with Crippen molar-refractivity contribution < 1.29 is 4.74 Å². The minimum atomic E-state index is 0.202. The third-order valence-corrected chi connectivity index (χ3v) is 3.76. The molecule has 0 aliphatic heterocycles. The Bertz CT molecular complexity index is 589. The molecule has 0 unspecified atom stereocenters. The first-order valence-corrected chi connectivity index (χ1v) is 8.30. The summed E-state index contributed by atoms with van der Waals surface area (Å²) in [5, 5.41) is 5.93. The number of unbranched alkanes of at least 4 members (excludes halogenated alkanes) is 1. The van der Waals surface area contributed by atoms with Gasteiger partial charge in [0.25, 0.3) is 0 Å². The summed E-state index contributed by atoms with van der Waals surface area (Å²) in [6.07, 6.45) is 2.21. The average Bonchev–Trinajstić information content (AvgIpc) is 2.41. The molecule has 2 aromatic rings. The molecule has 0 aliphatic rings. The van der Waals surface area contributed by atoms with E-state index in [0.717, 1.165) is 36.2 Å². The summed E-state index contributed by atoms with van der Waals surface area (Å²) in [7, 11) is 0. The largest absolute Gasteiger partial charge is 0.494 e. The van der Waals surface area contributed by atoms with Crippen LogP contribution in [0.1, 0.15) is 33.6 Å². The van der Waals surface area contributed by atoms with Crippen LogP contribution in [0.3, 0.4) is 0 Å². The molecule has 2 rings (SSSR count). The Hall–Kier alpha value is -1.06. The fraction of sp³-hybridized carbons (Fsp3) is 0.444. The Labute approximate surface area is 136 Å². The molecule has 114 valence electrons. The molecule has 0 amide bonds. The molecule has 0 fully saturated rings. The smallest absolute Gasteiger partial charge is 0.119 e. The summed E-state index contributed by atoms with van der Waals surface area (Å²) < 4.78 is 6.94. The van der Waals surface area contributed by atoms with Crippen LogP contribution in [0.5, 0.6) is 5.75 Å². The predicted octanol–water partition coefficient (Wildman–Crippen LogP) is 5.15.